The van der Waals surface area contributed by atoms with Crippen molar-refractivity contribution in [3.8, 4) is 17.6 Å². The Labute approximate surface area is 145 Å². The number of ether oxygens (including phenoxy) is 2. The lowest BCUT2D eigenvalue weighted by Gasteiger charge is -2.13. The van der Waals surface area contributed by atoms with Gasteiger partial charge in [-0.1, -0.05) is 17.7 Å². The third-order valence-corrected chi connectivity index (χ3v) is 3.44. The van der Waals surface area contributed by atoms with Crippen LogP contribution in [0.5, 0.6) is 11.5 Å². The number of aryl methyl sites for hydroxylation is 1. The average Bonchev–Trinajstić information content (AvgIpc) is 2.57. The maximum atomic E-state index is 12.1. The maximum Gasteiger partial charge on any atom is 0.262 e. The summed E-state index contributed by atoms with van der Waals surface area (Å²) < 4.78 is 11.0. The van der Waals surface area contributed by atoms with Crippen LogP contribution in [-0.2, 0) is 4.79 Å². The lowest BCUT2D eigenvalue weighted by Crippen LogP contribution is -2.20. The fraction of sp³-hybridized carbons (Fsp3) is 0.222. The third-order valence-electron chi connectivity index (χ3n) is 3.21. The average molecular weight is 345 g/mol. The van der Waals surface area contributed by atoms with Gasteiger partial charge in [0.1, 0.15) is 0 Å². The van der Waals surface area contributed by atoms with E-state index in [1.165, 1.54) is 0 Å². The SMILES string of the molecule is CCOc1cc(C#N)ccc1OCC(=O)Nc1cc(Cl)ccc1C. The van der Waals surface area contributed by atoms with E-state index < -0.39 is 0 Å². The molecule has 1 amide bonds. The van der Waals surface area contributed by atoms with Gasteiger partial charge < -0.3 is 14.8 Å². The first-order valence-electron chi connectivity index (χ1n) is 7.39. The standard InChI is InChI=1S/C18H17ClN2O3/c1-3-23-17-8-13(10-20)5-7-16(17)24-11-18(22)21-15-9-14(19)6-4-12(15)2/h4-9H,3,11H2,1-2H3,(H,21,22). The fourth-order valence-electron chi connectivity index (χ4n) is 2.02. The smallest absolute Gasteiger partial charge is 0.262 e. The maximum absolute atomic E-state index is 12.1. The van der Waals surface area contributed by atoms with Crippen LogP contribution in [0.2, 0.25) is 5.02 Å². The summed E-state index contributed by atoms with van der Waals surface area (Å²) in [5, 5.41) is 12.2. The summed E-state index contributed by atoms with van der Waals surface area (Å²) in [6.45, 7) is 3.95. The quantitative estimate of drug-likeness (QED) is 0.861. The van der Waals surface area contributed by atoms with Crippen LogP contribution in [0.1, 0.15) is 18.1 Å². The summed E-state index contributed by atoms with van der Waals surface area (Å²) in [5.74, 6) is 0.532. The van der Waals surface area contributed by atoms with Crippen molar-refractivity contribution in [2.24, 2.45) is 0 Å². The summed E-state index contributed by atoms with van der Waals surface area (Å²) >= 11 is 5.93. The first kappa shape index (κ1) is 17.6. The molecule has 6 heteroatoms. The van der Waals surface area contributed by atoms with Gasteiger partial charge in [-0.05, 0) is 43.7 Å². The number of nitrogens with zero attached hydrogens (tertiary/aromatic N) is 1. The Morgan fingerprint density at radius 2 is 2.00 bits per heavy atom. The van der Waals surface area contributed by atoms with Gasteiger partial charge in [0, 0.05) is 16.8 Å². The molecule has 0 aliphatic carbocycles. The monoisotopic (exact) mass is 344 g/mol. The van der Waals surface area contributed by atoms with Crippen molar-refractivity contribution >= 4 is 23.2 Å². The number of amides is 1. The Bertz CT molecular complexity index is 784. The molecule has 0 bridgehead atoms. The molecular formula is C18H17ClN2O3. The number of hydrogen-bond donors (Lipinski definition) is 1. The van der Waals surface area contributed by atoms with Crippen LogP contribution in [0.4, 0.5) is 5.69 Å². The predicted octanol–water partition coefficient (Wildman–Crippen LogP) is 3.94. The molecule has 2 aromatic rings. The first-order valence-corrected chi connectivity index (χ1v) is 7.77. The van der Waals surface area contributed by atoms with Gasteiger partial charge in [-0.15, -0.1) is 0 Å². The molecule has 1 N–H and O–H groups in total. The lowest BCUT2D eigenvalue weighted by molar-refractivity contribution is -0.118. The molecule has 0 aliphatic heterocycles. The molecule has 0 atom stereocenters. The van der Waals surface area contributed by atoms with Gasteiger partial charge in [-0.25, -0.2) is 0 Å². The highest BCUT2D eigenvalue weighted by atomic mass is 35.5. The summed E-state index contributed by atoms with van der Waals surface area (Å²) in [6.07, 6.45) is 0. The molecule has 0 saturated heterocycles. The molecule has 24 heavy (non-hydrogen) atoms. The van der Waals surface area contributed by atoms with E-state index >= 15 is 0 Å². The molecule has 2 aromatic carbocycles. The molecule has 2 rings (SSSR count). The first-order chi connectivity index (χ1) is 11.5. The zero-order valence-corrected chi connectivity index (χ0v) is 14.2. The lowest BCUT2D eigenvalue weighted by atomic mass is 10.2. The van der Waals surface area contributed by atoms with Gasteiger partial charge in [-0.3, -0.25) is 4.79 Å². The zero-order chi connectivity index (χ0) is 17.5. The van der Waals surface area contributed by atoms with Crippen molar-refractivity contribution < 1.29 is 14.3 Å². The van der Waals surface area contributed by atoms with Crippen LogP contribution < -0.4 is 14.8 Å². The van der Waals surface area contributed by atoms with E-state index in [2.05, 4.69) is 5.32 Å². The molecule has 0 aliphatic rings. The zero-order valence-electron chi connectivity index (χ0n) is 13.4. The van der Waals surface area contributed by atoms with Crippen LogP contribution in [0.25, 0.3) is 0 Å². The molecule has 0 fully saturated rings. The number of hydrogen-bond acceptors (Lipinski definition) is 4. The van der Waals surface area contributed by atoms with Gasteiger partial charge in [0.25, 0.3) is 5.91 Å². The van der Waals surface area contributed by atoms with Crippen LogP contribution in [0, 0.1) is 18.3 Å². The highest BCUT2D eigenvalue weighted by Gasteiger charge is 2.10. The molecular weight excluding hydrogens is 328 g/mol. The summed E-state index contributed by atoms with van der Waals surface area (Å²) in [7, 11) is 0. The Hall–Kier alpha value is -2.71. The van der Waals surface area contributed by atoms with Crippen LogP contribution in [0.15, 0.2) is 36.4 Å². The van der Waals surface area contributed by atoms with E-state index in [1.54, 1.807) is 30.3 Å². The van der Waals surface area contributed by atoms with Gasteiger partial charge in [0.15, 0.2) is 18.1 Å². The highest BCUT2D eigenvalue weighted by molar-refractivity contribution is 6.31. The number of benzene rings is 2. The van der Waals surface area contributed by atoms with Gasteiger partial charge in [0.2, 0.25) is 0 Å². The van der Waals surface area contributed by atoms with Crippen molar-refractivity contribution in [3.63, 3.8) is 0 Å². The number of anilines is 1. The second-order valence-electron chi connectivity index (χ2n) is 5.00. The molecule has 0 unspecified atom stereocenters. The number of carbonyl (C=O) groups is 1. The number of nitrogens with one attached hydrogen (secondary N) is 1. The predicted molar refractivity (Wildman–Crippen MR) is 92.6 cm³/mol. The highest BCUT2D eigenvalue weighted by Crippen LogP contribution is 2.28. The number of halogens is 1. The Morgan fingerprint density at radius 3 is 2.71 bits per heavy atom. The summed E-state index contributed by atoms with van der Waals surface area (Å²) in [6, 6.07) is 12.1. The minimum atomic E-state index is -0.313. The van der Waals surface area contributed by atoms with E-state index in [0.29, 0.717) is 34.4 Å². The van der Waals surface area contributed by atoms with E-state index in [-0.39, 0.29) is 12.5 Å². The minimum Gasteiger partial charge on any atom is -0.490 e. The van der Waals surface area contributed by atoms with Crippen molar-refractivity contribution in [2.45, 2.75) is 13.8 Å². The third kappa shape index (κ3) is 4.64. The van der Waals surface area contributed by atoms with Gasteiger partial charge in [0.05, 0.1) is 18.2 Å². The topological polar surface area (TPSA) is 71.3 Å². The van der Waals surface area contributed by atoms with Crippen molar-refractivity contribution in [3.05, 3.63) is 52.5 Å². The minimum absolute atomic E-state index is 0.183. The molecule has 0 heterocycles. The Balaban J connectivity index is 2.03. The molecule has 0 spiro atoms. The second kappa shape index (κ2) is 8.23. The normalized spacial score (nSPS) is 9.92. The molecule has 0 saturated carbocycles. The van der Waals surface area contributed by atoms with Crippen molar-refractivity contribution in [1.29, 1.82) is 5.26 Å². The second-order valence-corrected chi connectivity index (χ2v) is 5.44. The van der Waals surface area contributed by atoms with Gasteiger partial charge in [-0.2, -0.15) is 5.26 Å². The van der Waals surface area contributed by atoms with Crippen molar-refractivity contribution in [2.75, 3.05) is 18.5 Å². The summed E-state index contributed by atoms with van der Waals surface area (Å²) in [4.78, 5) is 12.1. The van der Waals surface area contributed by atoms with E-state index in [4.69, 9.17) is 26.3 Å². The largest absolute Gasteiger partial charge is 0.490 e. The van der Waals surface area contributed by atoms with Crippen molar-refractivity contribution in [1.82, 2.24) is 0 Å². The van der Waals surface area contributed by atoms with Gasteiger partial charge >= 0.3 is 0 Å². The molecule has 5 nitrogen and oxygen atoms in total. The number of rotatable bonds is 6. The van der Waals surface area contributed by atoms with Crippen LogP contribution in [-0.4, -0.2) is 19.1 Å². The Morgan fingerprint density at radius 1 is 1.21 bits per heavy atom. The van der Waals surface area contributed by atoms with Crippen LogP contribution in [0.3, 0.4) is 0 Å². The van der Waals surface area contributed by atoms with E-state index in [1.807, 2.05) is 26.0 Å². The van der Waals surface area contributed by atoms with Crippen LogP contribution >= 0.6 is 11.6 Å². The number of nitriles is 1. The molecule has 0 aromatic heterocycles. The number of carbonyl (C=O) groups excluding carboxylic acids is 1. The summed E-state index contributed by atoms with van der Waals surface area (Å²) in [5.41, 5.74) is 2.01. The molecule has 0 radical (unpaired) electrons. The van der Waals surface area contributed by atoms with E-state index in [9.17, 15) is 4.79 Å². The Kier molecular flexibility index (Phi) is 6.05. The molecule has 124 valence electrons. The van der Waals surface area contributed by atoms with E-state index in [0.717, 1.165) is 5.56 Å². The fourth-order valence-corrected chi connectivity index (χ4v) is 2.20.